The van der Waals surface area contributed by atoms with E-state index in [0.29, 0.717) is 36.7 Å². The number of ether oxygens (including phenoxy) is 2. The lowest BCUT2D eigenvalue weighted by atomic mass is 9.94. The van der Waals surface area contributed by atoms with E-state index in [1.807, 2.05) is 25.1 Å². The van der Waals surface area contributed by atoms with Crippen LogP contribution in [0.3, 0.4) is 0 Å². The maximum Gasteiger partial charge on any atom is 0.273 e. The second-order valence-electron chi connectivity index (χ2n) is 9.95. The minimum Gasteiger partial charge on any atom is -0.493 e. The molecule has 1 fully saturated rings. The van der Waals surface area contributed by atoms with Crippen molar-refractivity contribution in [3.63, 3.8) is 0 Å². The van der Waals surface area contributed by atoms with Crippen molar-refractivity contribution in [2.24, 2.45) is 0 Å². The highest BCUT2D eigenvalue weighted by atomic mass is 16.5. The van der Waals surface area contributed by atoms with Crippen LogP contribution in [0.5, 0.6) is 11.5 Å². The fraction of sp³-hybridized carbons (Fsp3) is 0.556. The Morgan fingerprint density at radius 2 is 1.86 bits per heavy atom. The van der Waals surface area contributed by atoms with Gasteiger partial charge in [0.05, 0.1) is 20.8 Å². The summed E-state index contributed by atoms with van der Waals surface area (Å²) >= 11 is 0. The zero-order valence-electron chi connectivity index (χ0n) is 22.1. The monoisotopic (exact) mass is 511 g/mol. The van der Waals surface area contributed by atoms with Crippen molar-refractivity contribution in [3.8, 4) is 11.5 Å². The first-order chi connectivity index (χ1) is 17.8. The van der Waals surface area contributed by atoms with E-state index in [2.05, 4.69) is 15.7 Å². The van der Waals surface area contributed by atoms with Gasteiger partial charge >= 0.3 is 0 Å². The summed E-state index contributed by atoms with van der Waals surface area (Å²) < 4.78 is 12.1. The average molecular weight is 512 g/mol. The van der Waals surface area contributed by atoms with Gasteiger partial charge in [0.1, 0.15) is 11.2 Å². The number of nitrogens with zero attached hydrogens (tertiary/aromatic N) is 3. The molecule has 37 heavy (non-hydrogen) atoms. The van der Waals surface area contributed by atoms with E-state index >= 15 is 0 Å². The highest BCUT2D eigenvalue weighted by Gasteiger charge is 2.48. The van der Waals surface area contributed by atoms with Gasteiger partial charge in [-0.3, -0.25) is 19.1 Å². The molecule has 4 rings (SSSR count). The molecule has 0 bridgehead atoms. The maximum absolute atomic E-state index is 13.4. The summed E-state index contributed by atoms with van der Waals surface area (Å²) in [6.07, 6.45) is 5.44. The second kappa shape index (κ2) is 11.2. The highest BCUT2D eigenvalue weighted by Crippen LogP contribution is 2.30. The third-order valence-corrected chi connectivity index (χ3v) is 7.30. The van der Waals surface area contributed by atoms with Crippen molar-refractivity contribution < 1.29 is 23.9 Å². The summed E-state index contributed by atoms with van der Waals surface area (Å²) in [4.78, 5) is 41.3. The molecule has 2 N–H and O–H groups in total. The van der Waals surface area contributed by atoms with Crippen molar-refractivity contribution in [1.82, 2.24) is 25.3 Å². The van der Waals surface area contributed by atoms with Crippen LogP contribution in [0.1, 0.15) is 72.5 Å². The lowest BCUT2D eigenvalue weighted by Gasteiger charge is -2.43. The molecule has 0 spiro atoms. The predicted octanol–water partition coefficient (Wildman–Crippen LogP) is 2.56. The Hall–Kier alpha value is -3.56. The van der Waals surface area contributed by atoms with Crippen LogP contribution in [-0.2, 0) is 17.8 Å². The van der Waals surface area contributed by atoms with E-state index in [4.69, 9.17) is 9.47 Å². The lowest BCUT2D eigenvalue weighted by molar-refractivity contribution is -0.133. The smallest absolute Gasteiger partial charge is 0.273 e. The minimum atomic E-state index is -1.07. The van der Waals surface area contributed by atoms with Crippen molar-refractivity contribution in [1.29, 1.82) is 0 Å². The minimum absolute atomic E-state index is 0.147. The first-order valence-corrected chi connectivity index (χ1v) is 13.0. The zero-order chi connectivity index (χ0) is 26.6. The summed E-state index contributed by atoms with van der Waals surface area (Å²) in [6, 6.07) is 7.28. The molecule has 1 saturated carbocycles. The number of benzene rings is 1. The van der Waals surface area contributed by atoms with E-state index in [-0.39, 0.29) is 36.0 Å². The average Bonchev–Trinajstić information content (AvgIpc) is 3.56. The molecule has 10 heteroatoms. The number of hydrogen-bond donors (Lipinski definition) is 2. The van der Waals surface area contributed by atoms with E-state index < -0.39 is 5.54 Å². The summed E-state index contributed by atoms with van der Waals surface area (Å²) in [5.41, 5.74) is 0.393. The van der Waals surface area contributed by atoms with Gasteiger partial charge in [-0.25, -0.2) is 0 Å². The van der Waals surface area contributed by atoms with Crippen molar-refractivity contribution in [2.75, 3.05) is 27.3 Å². The molecular formula is C27H37N5O5. The van der Waals surface area contributed by atoms with E-state index in [1.54, 1.807) is 26.0 Å². The van der Waals surface area contributed by atoms with Crippen molar-refractivity contribution in [2.45, 2.75) is 70.5 Å². The van der Waals surface area contributed by atoms with Crippen LogP contribution < -0.4 is 20.1 Å². The van der Waals surface area contributed by atoms with Crippen molar-refractivity contribution in [3.05, 3.63) is 41.2 Å². The van der Waals surface area contributed by atoms with Gasteiger partial charge in [-0.2, -0.15) is 5.10 Å². The van der Waals surface area contributed by atoms with Gasteiger partial charge in [-0.05, 0) is 50.3 Å². The van der Waals surface area contributed by atoms with Gasteiger partial charge < -0.3 is 25.0 Å². The molecule has 2 aromatic rings. The Labute approximate surface area is 217 Å². The van der Waals surface area contributed by atoms with Crippen LogP contribution in [0.15, 0.2) is 24.3 Å². The molecule has 1 aliphatic carbocycles. The number of carbonyl (C=O) groups excluding carboxylic acids is 3. The van der Waals surface area contributed by atoms with Crippen LogP contribution in [0.25, 0.3) is 0 Å². The molecule has 0 saturated heterocycles. The Morgan fingerprint density at radius 1 is 1.14 bits per heavy atom. The normalized spacial score (nSPS) is 19.5. The van der Waals surface area contributed by atoms with Crippen LogP contribution in [0.4, 0.5) is 0 Å². The maximum atomic E-state index is 13.4. The number of nitrogens with one attached hydrogen (secondary N) is 2. The lowest BCUT2D eigenvalue weighted by Crippen LogP contribution is -2.65. The molecule has 2 heterocycles. The SMILES string of the molecule is CCCN1C(=O)c2cc(C(=O)NCCc3ccc(OC)c(OC)c3)nn2C[C@]1(C)C(=O)NC1CCCC1. The Kier molecular flexibility index (Phi) is 8.04. The number of methoxy groups -OCH3 is 2. The quantitative estimate of drug-likeness (QED) is 0.507. The number of hydrogen-bond acceptors (Lipinski definition) is 6. The van der Waals surface area contributed by atoms with E-state index in [0.717, 1.165) is 37.7 Å². The second-order valence-corrected chi connectivity index (χ2v) is 9.95. The topological polar surface area (TPSA) is 115 Å². The fourth-order valence-corrected chi connectivity index (χ4v) is 5.18. The number of fused-ring (bicyclic) bond motifs is 1. The summed E-state index contributed by atoms with van der Waals surface area (Å²) in [5.74, 6) is 0.458. The number of aromatic nitrogens is 2. The molecular weight excluding hydrogens is 474 g/mol. The standard InChI is InChI=1S/C27H37N5O5/c1-5-14-31-25(34)21-16-20(24(33)28-13-12-18-10-11-22(36-3)23(15-18)37-4)30-32(21)17-27(31,2)26(35)29-19-8-6-7-9-19/h10-11,15-16,19H,5-9,12-14,17H2,1-4H3,(H,28,33)(H,29,35)/t27-/m1/s1. The Balaban J connectivity index is 1.45. The number of rotatable bonds is 10. The first-order valence-electron chi connectivity index (χ1n) is 13.0. The largest absolute Gasteiger partial charge is 0.493 e. The number of amides is 3. The molecule has 1 aliphatic heterocycles. The summed E-state index contributed by atoms with van der Waals surface area (Å²) in [6.45, 7) is 4.80. The first kappa shape index (κ1) is 26.5. The molecule has 3 amide bonds. The molecule has 1 aromatic heterocycles. The number of carbonyl (C=O) groups is 3. The van der Waals surface area contributed by atoms with Crippen LogP contribution in [-0.4, -0.2) is 71.3 Å². The van der Waals surface area contributed by atoms with Crippen molar-refractivity contribution >= 4 is 17.7 Å². The van der Waals surface area contributed by atoms with Gasteiger partial charge in [-0.15, -0.1) is 0 Å². The molecule has 0 radical (unpaired) electrons. The molecule has 10 nitrogen and oxygen atoms in total. The molecule has 200 valence electrons. The molecule has 1 aromatic carbocycles. The van der Waals surface area contributed by atoms with Crippen LogP contribution in [0.2, 0.25) is 0 Å². The highest BCUT2D eigenvalue weighted by molar-refractivity contribution is 6.01. The van der Waals surface area contributed by atoms with Gasteiger partial charge in [0.2, 0.25) is 5.91 Å². The summed E-state index contributed by atoms with van der Waals surface area (Å²) in [5, 5.41) is 10.4. The molecule has 0 unspecified atom stereocenters. The fourth-order valence-electron chi connectivity index (χ4n) is 5.18. The zero-order valence-corrected chi connectivity index (χ0v) is 22.1. The van der Waals surface area contributed by atoms with Gasteiger partial charge in [0.25, 0.3) is 11.8 Å². The van der Waals surface area contributed by atoms with Gasteiger partial charge in [0, 0.05) is 25.2 Å². The third-order valence-electron chi connectivity index (χ3n) is 7.30. The van der Waals surface area contributed by atoms with Gasteiger partial charge in [0.15, 0.2) is 17.2 Å². The van der Waals surface area contributed by atoms with Crippen LogP contribution >= 0.6 is 0 Å². The predicted molar refractivity (Wildman–Crippen MR) is 138 cm³/mol. The van der Waals surface area contributed by atoms with E-state index in [9.17, 15) is 14.4 Å². The van der Waals surface area contributed by atoms with E-state index in [1.165, 1.54) is 10.7 Å². The Bertz CT molecular complexity index is 1160. The third kappa shape index (κ3) is 5.42. The molecule has 2 aliphatic rings. The van der Waals surface area contributed by atoms with Crippen LogP contribution in [0, 0.1) is 0 Å². The summed E-state index contributed by atoms with van der Waals surface area (Å²) in [7, 11) is 3.16. The Morgan fingerprint density at radius 3 is 2.54 bits per heavy atom. The molecule has 1 atom stereocenters. The van der Waals surface area contributed by atoms with Gasteiger partial charge in [-0.1, -0.05) is 25.8 Å².